The molecule has 1 aliphatic heterocycles. The highest BCUT2D eigenvalue weighted by Crippen LogP contribution is 2.35. The largest absolute Gasteiger partial charge is 0.367 e. The maximum atomic E-state index is 5.14. The molecule has 0 saturated carbocycles. The number of rotatable bonds is 2. The van der Waals surface area contributed by atoms with Crippen molar-refractivity contribution in [2.45, 2.75) is 6.10 Å². The molecule has 1 unspecified atom stereocenters. The van der Waals surface area contributed by atoms with Crippen LogP contribution in [0.15, 0.2) is 6.20 Å². The first-order valence-electron chi connectivity index (χ1n) is 3.52. The van der Waals surface area contributed by atoms with E-state index in [4.69, 9.17) is 4.74 Å². The average Bonchev–Trinajstić information content (AvgIpc) is 2.68. The molecule has 2 heterocycles. The molecule has 0 radical (unpaired) electrons. The molecule has 0 spiro atoms. The second-order valence-electron chi connectivity index (χ2n) is 2.76. The van der Waals surface area contributed by atoms with Gasteiger partial charge in [-0.1, -0.05) is 11.3 Å². The molecular formula is C7H10N2OS. The zero-order valence-corrected chi connectivity index (χ0v) is 7.39. The number of epoxide rings is 1. The highest BCUT2D eigenvalue weighted by molar-refractivity contribution is 7.15. The van der Waals surface area contributed by atoms with Crippen LogP contribution in [-0.2, 0) is 4.74 Å². The second kappa shape index (κ2) is 2.46. The second-order valence-corrected chi connectivity index (χ2v) is 3.80. The quantitative estimate of drug-likeness (QED) is 0.626. The smallest absolute Gasteiger partial charge is 0.185 e. The van der Waals surface area contributed by atoms with Gasteiger partial charge in [0.2, 0.25) is 0 Å². The van der Waals surface area contributed by atoms with E-state index in [1.165, 1.54) is 4.88 Å². The Morgan fingerprint density at radius 3 is 2.91 bits per heavy atom. The van der Waals surface area contributed by atoms with Crippen LogP contribution in [0.25, 0.3) is 0 Å². The first kappa shape index (κ1) is 7.06. The summed E-state index contributed by atoms with van der Waals surface area (Å²) in [5.74, 6) is 0. The van der Waals surface area contributed by atoms with Crippen LogP contribution < -0.4 is 4.90 Å². The van der Waals surface area contributed by atoms with Crippen molar-refractivity contribution in [1.82, 2.24) is 4.98 Å². The zero-order valence-electron chi connectivity index (χ0n) is 6.57. The van der Waals surface area contributed by atoms with Crippen molar-refractivity contribution in [2.24, 2.45) is 0 Å². The minimum Gasteiger partial charge on any atom is -0.367 e. The summed E-state index contributed by atoms with van der Waals surface area (Å²) in [4.78, 5) is 7.50. The molecule has 1 aliphatic rings. The van der Waals surface area contributed by atoms with Crippen LogP contribution in [0, 0.1) is 0 Å². The summed E-state index contributed by atoms with van der Waals surface area (Å²) in [6.45, 7) is 0.870. The predicted octanol–water partition coefficient (Wildman–Crippen LogP) is 1.28. The van der Waals surface area contributed by atoms with Crippen LogP contribution in [0.3, 0.4) is 0 Å². The van der Waals surface area contributed by atoms with Gasteiger partial charge in [0.1, 0.15) is 6.10 Å². The lowest BCUT2D eigenvalue weighted by atomic mass is 10.4. The van der Waals surface area contributed by atoms with Gasteiger partial charge in [0.25, 0.3) is 0 Å². The highest BCUT2D eigenvalue weighted by atomic mass is 32.1. The Morgan fingerprint density at radius 1 is 1.73 bits per heavy atom. The zero-order chi connectivity index (χ0) is 7.84. The SMILES string of the molecule is CN(C)c1ncc(C2CO2)s1. The third-order valence-corrected chi connectivity index (χ3v) is 2.80. The maximum Gasteiger partial charge on any atom is 0.185 e. The molecule has 0 aliphatic carbocycles. The van der Waals surface area contributed by atoms with Crippen LogP contribution in [0.2, 0.25) is 0 Å². The minimum absolute atomic E-state index is 0.348. The molecule has 2 rings (SSSR count). The van der Waals surface area contributed by atoms with Crippen molar-refractivity contribution >= 4 is 16.5 Å². The highest BCUT2D eigenvalue weighted by Gasteiger charge is 2.27. The van der Waals surface area contributed by atoms with Crippen LogP contribution in [-0.4, -0.2) is 25.7 Å². The van der Waals surface area contributed by atoms with Gasteiger partial charge in [0.15, 0.2) is 5.13 Å². The van der Waals surface area contributed by atoms with E-state index in [2.05, 4.69) is 4.98 Å². The van der Waals surface area contributed by atoms with E-state index < -0.39 is 0 Å². The summed E-state index contributed by atoms with van der Waals surface area (Å²) in [6.07, 6.45) is 2.25. The Bertz CT molecular complexity index is 238. The monoisotopic (exact) mass is 170 g/mol. The minimum atomic E-state index is 0.348. The van der Waals surface area contributed by atoms with Gasteiger partial charge in [-0.3, -0.25) is 0 Å². The molecule has 0 aromatic carbocycles. The van der Waals surface area contributed by atoms with E-state index in [9.17, 15) is 0 Å². The molecule has 0 amide bonds. The number of aromatic nitrogens is 1. The summed E-state index contributed by atoms with van der Waals surface area (Å²) in [5, 5.41) is 1.05. The number of ether oxygens (including phenoxy) is 1. The number of hydrogen-bond acceptors (Lipinski definition) is 4. The Morgan fingerprint density at radius 2 is 2.45 bits per heavy atom. The lowest BCUT2D eigenvalue weighted by molar-refractivity contribution is 0.418. The maximum absolute atomic E-state index is 5.14. The lowest BCUT2D eigenvalue weighted by Crippen LogP contribution is -2.07. The van der Waals surface area contributed by atoms with Crippen LogP contribution in [0.4, 0.5) is 5.13 Å². The van der Waals surface area contributed by atoms with Gasteiger partial charge >= 0.3 is 0 Å². The van der Waals surface area contributed by atoms with Gasteiger partial charge in [-0.2, -0.15) is 0 Å². The number of thiazole rings is 1. The third kappa shape index (κ3) is 1.36. The Kier molecular flexibility index (Phi) is 1.58. The average molecular weight is 170 g/mol. The van der Waals surface area contributed by atoms with Gasteiger partial charge < -0.3 is 9.64 Å². The van der Waals surface area contributed by atoms with E-state index >= 15 is 0 Å². The third-order valence-electron chi connectivity index (χ3n) is 1.54. The van der Waals surface area contributed by atoms with Gasteiger partial charge in [-0.05, 0) is 0 Å². The Labute approximate surface area is 69.6 Å². The number of hydrogen-bond donors (Lipinski definition) is 0. The topological polar surface area (TPSA) is 28.7 Å². The fourth-order valence-corrected chi connectivity index (χ4v) is 1.72. The fourth-order valence-electron chi connectivity index (χ4n) is 0.845. The molecule has 60 valence electrons. The molecule has 1 saturated heterocycles. The van der Waals surface area contributed by atoms with E-state index in [0.717, 1.165) is 11.7 Å². The summed E-state index contributed by atoms with van der Waals surface area (Å²) in [7, 11) is 3.99. The van der Waals surface area contributed by atoms with Gasteiger partial charge in [0.05, 0.1) is 11.5 Å². The van der Waals surface area contributed by atoms with Crippen molar-refractivity contribution in [3.05, 3.63) is 11.1 Å². The number of anilines is 1. The van der Waals surface area contributed by atoms with Crippen LogP contribution >= 0.6 is 11.3 Å². The summed E-state index contributed by atoms with van der Waals surface area (Å²) < 4.78 is 5.14. The summed E-state index contributed by atoms with van der Waals surface area (Å²) in [6, 6.07) is 0. The standard InChI is InChI=1S/C7H10N2OS/c1-9(2)7-8-3-6(11-7)5-4-10-5/h3,5H,4H2,1-2H3. The fraction of sp³-hybridized carbons (Fsp3) is 0.571. The molecule has 0 bridgehead atoms. The normalized spacial score (nSPS) is 21.8. The van der Waals surface area contributed by atoms with Crippen molar-refractivity contribution in [2.75, 3.05) is 25.6 Å². The summed E-state index contributed by atoms with van der Waals surface area (Å²) in [5.41, 5.74) is 0. The van der Waals surface area contributed by atoms with E-state index in [0.29, 0.717) is 6.10 Å². The van der Waals surface area contributed by atoms with Crippen molar-refractivity contribution in [1.29, 1.82) is 0 Å². The van der Waals surface area contributed by atoms with Gasteiger partial charge in [0, 0.05) is 20.3 Å². The predicted molar refractivity (Wildman–Crippen MR) is 45.1 cm³/mol. The van der Waals surface area contributed by atoms with Crippen molar-refractivity contribution in [3.63, 3.8) is 0 Å². The molecule has 1 atom stereocenters. The first-order chi connectivity index (χ1) is 5.27. The Hall–Kier alpha value is -0.610. The van der Waals surface area contributed by atoms with Gasteiger partial charge in [-0.15, -0.1) is 0 Å². The molecule has 1 aromatic heterocycles. The molecule has 1 aromatic rings. The van der Waals surface area contributed by atoms with Crippen molar-refractivity contribution in [3.8, 4) is 0 Å². The van der Waals surface area contributed by atoms with Gasteiger partial charge in [-0.25, -0.2) is 4.98 Å². The lowest BCUT2D eigenvalue weighted by Gasteiger charge is -2.04. The van der Waals surface area contributed by atoms with E-state index in [1.54, 1.807) is 11.3 Å². The van der Waals surface area contributed by atoms with E-state index in [1.807, 2.05) is 25.2 Å². The molecule has 4 heteroatoms. The molecular weight excluding hydrogens is 160 g/mol. The molecule has 0 N–H and O–H groups in total. The molecule has 3 nitrogen and oxygen atoms in total. The van der Waals surface area contributed by atoms with Crippen LogP contribution in [0.5, 0.6) is 0 Å². The molecule has 11 heavy (non-hydrogen) atoms. The summed E-state index contributed by atoms with van der Waals surface area (Å²) >= 11 is 1.70. The van der Waals surface area contributed by atoms with E-state index in [-0.39, 0.29) is 0 Å². The molecule has 1 fully saturated rings. The van der Waals surface area contributed by atoms with Crippen molar-refractivity contribution < 1.29 is 4.74 Å². The Balaban J connectivity index is 2.18. The first-order valence-corrected chi connectivity index (χ1v) is 4.33. The number of nitrogens with zero attached hydrogens (tertiary/aromatic N) is 2. The van der Waals surface area contributed by atoms with Crippen LogP contribution in [0.1, 0.15) is 11.0 Å².